The van der Waals surface area contributed by atoms with E-state index in [9.17, 15) is 4.79 Å². The molecule has 1 heterocycles. The Hall–Kier alpha value is -3.08. The van der Waals surface area contributed by atoms with Crippen molar-refractivity contribution in [2.45, 2.75) is 60.1 Å². The number of hydrogen-bond donors (Lipinski definition) is 1. The van der Waals surface area contributed by atoms with Gasteiger partial charge in [0.25, 0.3) is 0 Å². The molecular formula is C26H32N3O2. The zero-order valence-corrected chi connectivity index (χ0v) is 19.3. The molecule has 3 aromatic rings. The molecule has 163 valence electrons. The van der Waals surface area contributed by atoms with Crippen LogP contribution in [0.4, 0.5) is 10.5 Å². The first kappa shape index (κ1) is 22.6. The number of nitrogens with one attached hydrogen (secondary N) is 2. The van der Waals surface area contributed by atoms with Gasteiger partial charge in [-0.05, 0) is 69.4 Å². The monoisotopic (exact) mass is 418 g/mol. The smallest absolute Gasteiger partial charge is 0.407 e. The molecule has 0 atom stereocenters. The third-order valence-corrected chi connectivity index (χ3v) is 4.92. The molecule has 3 rings (SSSR count). The van der Waals surface area contributed by atoms with E-state index in [-0.39, 0.29) is 0 Å². The molecule has 0 saturated carbocycles. The van der Waals surface area contributed by atoms with Gasteiger partial charge < -0.3 is 15.8 Å². The number of hydrogen-bond acceptors (Lipinski definition) is 3. The van der Waals surface area contributed by atoms with E-state index >= 15 is 0 Å². The lowest BCUT2D eigenvalue weighted by molar-refractivity contribution is 0.0523. The second-order valence-electron chi connectivity index (χ2n) is 9.46. The number of benzene rings is 2. The van der Waals surface area contributed by atoms with Crippen molar-refractivity contribution in [2.24, 2.45) is 5.92 Å². The average molecular weight is 419 g/mol. The van der Waals surface area contributed by atoms with E-state index in [2.05, 4.69) is 50.4 Å². The van der Waals surface area contributed by atoms with Gasteiger partial charge >= 0.3 is 6.09 Å². The van der Waals surface area contributed by atoms with Crippen molar-refractivity contribution < 1.29 is 9.53 Å². The molecule has 0 fully saturated rings. The summed E-state index contributed by atoms with van der Waals surface area (Å²) in [5.41, 5.74) is 14.1. The number of amides is 1. The second-order valence-corrected chi connectivity index (χ2v) is 9.46. The zero-order chi connectivity index (χ0) is 22.8. The first-order valence-electron chi connectivity index (χ1n) is 10.7. The summed E-state index contributed by atoms with van der Waals surface area (Å²) in [4.78, 5) is 17.3. The number of ether oxygens (including phenoxy) is 1. The summed E-state index contributed by atoms with van der Waals surface area (Å²) in [5.74, 6) is 0.409. The maximum atomic E-state index is 12.4. The number of nitrogens with zero attached hydrogens (tertiary/aromatic N) is 1. The number of alkyl carbamates (subject to hydrolysis) is 1. The number of carbonyl (C=O) groups is 1. The number of aromatic nitrogens is 1. The Morgan fingerprint density at radius 1 is 1.13 bits per heavy atom. The minimum atomic E-state index is -0.563. The SMILES string of the molecule is Cc1ccc(-c2c(CNC(=O)OC(C)(C)C)c(CC(C)C)nc3ccc([NH])cc23)cc1. The predicted molar refractivity (Wildman–Crippen MR) is 126 cm³/mol. The zero-order valence-electron chi connectivity index (χ0n) is 19.3. The van der Waals surface area contributed by atoms with Gasteiger partial charge in [-0.3, -0.25) is 4.98 Å². The molecule has 5 nitrogen and oxygen atoms in total. The van der Waals surface area contributed by atoms with Gasteiger partial charge in [-0.15, -0.1) is 0 Å². The maximum absolute atomic E-state index is 12.4. The lowest BCUT2D eigenvalue weighted by Gasteiger charge is -2.22. The summed E-state index contributed by atoms with van der Waals surface area (Å²) in [6, 6.07) is 13.9. The van der Waals surface area contributed by atoms with Crippen LogP contribution in [0.5, 0.6) is 0 Å². The molecule has 5 heteroatoms. The van der Waals surface area contributed by atoms with Crippen molar-refractivity contribution >= 4 is 22.7 Å². The van der Waals surface area contributed by atoms with Gasteiger partial charge in [0.15, 0.2) is 0 Å². The Morgan fingerprint density at radius 3 is 2.42 bits per heavy atom. The first-order chi connectivity index (χ1) is 14.5. The minimum absolute atomic E-state index is 0.311. The van der Waals surface area contributed by atoms with Gasteiger partial charge in [0.2, 0.25) is 0 Å². The predicted octanol–water partition coefficient (Wildman–Crippen LogP) is 6.35. The normalized spacial score (nSPS) is 11.7. The summed E-state index contributed by atoms with van der Waals surface area (Å²) >= 11 is 0. The van der Waals surface area contributed by atoms with Gasteiger partial charge in [-0.25, -0.2) is 4.79 Å². The van der Waals surface area contributed by atoms with E-state index in [0.717, 1.165) is 39.7 Å². The highest BCUT2D eigenvalue weighted by molar-refractivity contribution is 5.98. The number of rotatable bonds is 5. The molecular weight excluding hydrogens is 386 g/mol. The van der Waals surface area contributed by atoms with Crippen LogP contribution in [0.25, 0.3) is 22.0 Å². The third-order valence-electron chi connectivity index (χ3n) is 4.92. The van der Waals surface area contributed by atoms with Crippen molar-refractivity contribution in [1.29, 1.82) is 0 Å². The average Bonchev–Trinajstić information content (AvgIpc) is 2.65. The Morgan fingerprint density at radius 2 is 1.81 bits per heavy atom. The van der Waals surface area contributed by atoms with Gasteiger partial charge in [-0.1, -0.05) is 43.7 Å². The van der Waals surface area contributed by atoms with Crippen LogP contribution in [-0.4, -0.2) is 16.7 Å². The third kappa shape index (κ3) is 5.75. The minimum Gasteiger partial charge on any atom is -0.444 e. The van der Waals surface area contributed by atoms with Crippen LogP contribution >= 0.6 is 0 Å². The van der Waals surface area contributed by atoms with Crippen LogP contribution in [-0.2, 0) is 17.7 Å². The molecule has 1 amide bonds. The maximum Gasteiger partial charge on any atom is 0.407 e. The molecule has 0 unspecified atom stereocenters. The molecule has 1 radical (unpaired) electrons. The Kier molecular flexibility index (Phi) is 6.54. The molecule has 0 aliphatic rings. The van der Waals surface area contributed by atoms with Gasteiger partial charge in [0.05, 0.1) is 11.2 Å². The molecule has 0 aliphatic heterocycles. The fourth-order valence-corrected chi connectivity index (χ4v) is 3.62. The van der Waals surface area contributed by atoms with Gasteiger partial charge in [-0.2, -0.15) is 0 Å². The van der Waals surface area contributed by atoms with Crippen LogP contribution < -0.4 is 11.1 Å². The molecule has 1 aromatic heterocycles. The van der Waals surface area contributed by atoms with Crippen molar-refractivity contribution in [1.82, 2.24) is 16.0 Å². The van der Waals surface area contributed by atoms with Crippen LogP contribution in [0, 0.1) is 12.8 Å². The van der Waals surface area contributed by atoms with Crippen molar-refractivity contribution in [3.63, 3.8) is 0 Å². The molecule has 0 bridgehead atoms. The van der Waals surface area contributed by atoms with E-state index in [1.807, 2.05) is 32.9 Å². The molecule has 2 N–H and O–H groups in total. The molecule has 0 aliphatic carbocycles. The van der Waals surface area contributed by atoms with Crippen molar-refractivity contribution in [3.05, 3.63) is 59.3 Å². The topological polar surface area (TPSA) is 75.0 Å². The number of aryl methyl sites for hydroxylation is 1. The second kappa shape index (κ2) is 8.96. The van der Waals surface area contributed by atoms with Gasteiger partial charge in [0.1, 0.15) is 5.60 Å². The highest BCUT2D eigenvalue weighted by atomic mass is 16.6. The molecule has 2 aromatic carbocycles. The fraction of sp³-hybridized carbons (Fsp3) is 0.385. The lowest BCUT2D eigenvalue weighted by atomic mass is 9.91. The summed E-state index contributed by atoms with van der Waals surface area (Å²) < 4.78 is 5.45. The molecule has 31 heavy (non-hydrogen) atoms. The fourth-order valence-electron chi connectivity index (χ4n) is 3.62. The van der Waals surface area contributed by atoms with Crippen molar-refractivity contribution in [2.75, 3.05) is 0 Å². The van der Waals surface area contributed by atoms with Crippen LogP contribution in [0.1, 0.15) is 51.4 Å². The number of fused-ring (bicyclic) bond motifs is 1. The van der Waals surface area contributed by atoms with E-state index in [1.165, 1.54) is 5.56 Å². The first-order valence-corrected chi connectivity index (χ1v) is 10.7. The van der Waals surface area contributed by atoms with Crippen LogP contribution in [0.3, 0.4) is 0 Å². The van der Waals surface area contributed by atoms with Crippen molar-refractivity contribution in [3.8, 4) is 11.1 Å². The summed E-state index contributed by atoms with van der Waals surface area (Å²) in [6.07, 6.45) is 0.343. The van der Waals surface area contributed by atoms with E-state index in [1.54, 1.807) is 6.07 Å². The van der Waals surface area contributed by atoms with E-state index in [0.29, 0.717) is 18.2 Å². The lowest BCUT2D eigenvalue weighted by Crippen LogP contribution is -2.32. The van der Waals surface area contributed by atoms with E-state index in [4.69, 9.17) is 15.5 Å². The van der Waals surface area contributed by atoms with Crippen LogP contribution in [0.15, 0.2) is 42.5 Å². The van der Waals surface area contributed by atoms with E-state index < -0.39 is 11.7 Å². The summed E-state index contributed by atoms with van der Waals surface area (Å²) in [5, 5.41) is 3.84. The Balaban J connectivity index is 2.18. The summed E-state index contributed by atoms with van der Waals surface area (Å²) in [6.45, 7) is 12.2. The molecule has 0 spiro atoms. The summed E-state index contributed by atoms with van der Waals surface area (Å²) in [7, 11) is 0. The van der Waals surface area contributed by atoms with Crippen LogP contribution in [0.2, 0.25) is 0 Å². The highest BCUT2D eigenvalue weighted by Crippen LogP contribution is 2.35. The number of carbonyl (C=O) groups excluding carboxylic acids is 1. The largest absolute Gasteiger partial charge is 0.444 e. The highest BCUT2D eigenvalue weighted by Gasteiger charge is 2.20. The Bertz CT molecular complexity index is 1080. The number of pyridine rings is 1. The quantitative estimate of drug-likeness (QED) is 0.525. The van der Waals surface area contributed by atoms with Gasteiger partial charge in [0, 0.05) is 23.2 Å². The Labute approximate surface area is 185 Å². The standard InChI is InChI=1S/C26H32N3O2/c1-16(2)13-23-21(15-28-25(30)31-26(4,5)6)24(18-9-7-17(3)8-10-18)20-14-19(27)11-12-22(20)29-23/h7-12,14,16,27H,13,15H2,1-6H3,(H,28,30). The molecule has 0 saturated heterocycles.